The number of hydrogen-bond donors (Lipinski definition) is 0. The lowest BCUT2D eigenvalue weighted by Crippen LogP contribution is -2.49. The number of nitrogens with zero attached hydrogens (tertiary/aromatic N) is 4. The SMILES string of the molecule is N#CC(c1ccncc1)N1CCN(C(=O)CC(c2ccccc2)c2ccccc2)CC1. The number of hydrogen-bond acceptors (Lipinski definition) is 4. The van der Waals surface area contributed by atoms with Crippen molar-refractivity contribution in [3.8, 4) is 6.07 Å². The van der Waals surface area contributed by atoms with Crippen LogP contribution in [0.1, 0.15) is 35.1 Å². The van der Waals surface area contributed by atoms with Crippen molar-refractivity contribution in [2.45, 2.75) is 18.4 Å². The Hall–Kier alpha value is -3.49. The van der Waals surface area contributed by atoms with Crippen LogP contribution in [0, 0.1) is 11.3 Å². The first-order valence-electron chi connectivity index (χ1n) is 10.7. The van der Waals surface area contributed by atoms with E-state index in [1.54, 1.807) is 12.4 Å². The van der Waals surface area contributed by atoms with Gasteiger partial charge in [0.15, 0.2) is 0 Å². The number of benzene rings is 2. The molecule has 1 fully saturated rings. The average molecular weight is 411 g/mol. The summed E-state index contributed by atoms with van der Waals surface area (Å²) in [6.45, 7) is 2.65. The van der Waals surface area contributed by atoms with Gasteiger partial charge in [0.05, 0.1) is 6.07 Å². The molecule has 0 spiro atoms. The maximum absolute atomic E-state index is 13.2. The van der Waals surface area contributed by atoms with Gasteiger partial charge >= 0.3 is 0 Å². The lowest BCUT2D eigenvalue weighted by atomic mass is 9.88. The first-order chi connectivity index (χ1) is 15.3. The van der Waals surface area contributed by atoms with Gasteiger partial charge in [0, 0.05) is 50.9 Å². The number of nitriles is 1. The van der Waals surface area contributed by atoms with E-state index in [4.69, 9.17) is 0 Å². The van der Waals surface area contributed by atoms with Gasteiger partial charge in [-0.05, 0) is 28.8 Å². The van der Waals surface area contributed by atoms with Crippen LogP contribution in [0.4, 0.5) is 0 Å². The summed E-state index contributed by atoms with van der Waals surface area (Å²) in [6, 6.07) is 26.3. The van der Waals surface area contributed by atoms with Gasteiger partial charge in [-0.15, -0.1) is 0 Å². The molecule has 1 saturated heterocycles. The van der Waals surface area contributed by atoms with Crippen LogP contribution in [0.3, 0.4) is 0 Å². The molecule has 0 N–H and O–H groups in total. The Morgan fingerprint density at radius 3 is 1.90 bits per heavy atom. The zero-order chi connectivity index (χ0) is 21.5. The summed E-state index contributed by atoms with van der Waals surface area (Å²) in [6.07, 6.45) is 3.87. The molecule has 1 amide bonds. The first kappa shape index (κ1) is 20.8. The quantitative estimate of drug-likeness (QED) is 0.616. The number of amides is 1. The molecule has 5 heteroatoms. The van der Waals surface area contributed by atoms with Crippen LogP contribution < -0.4 is 0 Å². The number of pyridine rings is 1. The van der Waals surface area contributed by atoms with E-state index in [2.05, 4.69) is 40.2 Å². The molecule has 0 radical (unpaired) electrons. The summed E-state index contributed by atoms with van der Waals surface area (Å²) >= 11 is 0. The highest BCUT2D eigenvalue weighted by Gasteiger charge is 2.28. The zero-order valence-electron chi connectivity index (χ0n) is 17.5. The third kappa shape index (κ3) is 4.99. The molecular weight excluding hydrogens is 384 g/mol. The summed E-state index contributed by atoms with van der Waals surface area (Å²) in [5.74, 6) is 0.200. The van der Waals surface area contributed by atoms with Crippen LogP contribution >= 0.6 is 0 Å². The molecule has 1 aliphatic rings. The molecule has 31 heavy (non-hydrogen) atoms. The van der Waals surface area contributed by atoms with Crippen molar-refractivity contribution in [1.82, 2.24) is 14.8 Å². The molecule has 3 aromatic rings. The number of aromatic nitrogens is 1. The van der Waals surface area contributed by atoms with E-state index in [1.807, 2.05) is 53.4 Å². The predicted molar refractivity (Wildman–Crippen MR) is 120 cm³/mol. The number of piperazine rings is 1. The van der Waals surface area contributed by atoms with Crippen molar-refractivity contribution in [3.05, 3.63) is 102 Å². The van der Waals surface area contributed by atoms with Crippen LogP contribution in [-0.4, -0.2) is 46.9 Å². The van der Waals surface area contributed by atoms with Crippen LogP contribution in [0.15, 0.2) is 85.2 Å². The van der Waals surface area contributed by atoms with Crippen LogP contribution in [-0.2, 0) is 4.79 Å². The van der Waals surface area contributed by atoms with Gasteiger partial charge in [-0.25, -0.2) is 0 Å². The predicted octanol–water partition coefficient (Wildman–Crippen LogP) is 4.01. The smallest absolute Gasteiger partial charge is 0.223 e. The lowest BCUT2D eigenvalue weighted by molar-refractivity contribution is -0.133. The average Bonchev–Trinajstić information content (AvgIpc) is 2.85. The Morgan fingerprint density at radius 2 is 1.39 bits per heavy atom. The Kier molecular flexibility index (Phi) is 6.71. The molecule has 0 aliphatic carbocycles. The minimum atomic E-state index is -0.304. The van der Waals surface area contributed by atoms with E-state index in [-0.39, 0.29) is 17.9 Å². The molecule has 5 nitrogen and oxygen atoms in total. The molecule has 1 unspecified atom stereocenters. The summed E-state index contributed by atoms with van der Waals surface area (Å²) in [4.78, 5) is 21.3. The molecule has 0 saturated carbocycles. The number of rotatable bonds is 6. The summed E-state index contributed by atoms with van der Waals surface area (Å²) in [7, 11) is 0. The standard InChI is InChI=1S/C26H26N4O/c27-20-25(23-11-13-28-14-12-23)29-15-17-30(18-16-29)26(31)19-24(21-7-3-1-4-8-21)22-9-5-2-6-10-22/h1-14,24-25H,15-19H2. The van der Waals surface area contributed by atoms with E-state index >= 15 is 0 Å². The minimum Gasteiger partial charge on any atom is -0.340 e. The Morgan fingerprint density at radius 1 is 0.839 bits per heavy atom. The Balaban J connectivity index is 1.42. The number of carbonyl (C=O) groups is 1. The second-order valence-electron chi connectivity index (χ2n) is 7.81. The topological polar surface area (TPSA) is 60.2 Å². The van der Waals surface area contributed by atoms with E-state index in [9.17, 15) is 10.1 Å². The highest BCUT2D eigenvalue weighted by Crippen LogP contribution is 2.29. The second-order valence-corrected chi connectivity index (χ2v) is 7.81. The van der Waals surface area contributed by atoms with Crippen molar-refractivity contribution >= 4 is 5.91 Å². The summed E-state index contributed by atoms with van der Waals surface area (Å²) < 4.78 is 0. The third-order valence-corrected chi connectivity index (χ3v) is 5.96. The number of carbonyl (C=O) groups excluding carboxylic acids is 1. The highest BCUT2D eigenvalue weighted by molar-refractivity contribution is 5.78. The van der Waals surface area contributed by atoms with Gasteiger partial charge < -0.3 is 4.90 Å². The van der Waals surface area contributed by atoms with Gasteiger partial charge in [0.1, 0.15) is 6.04 Å². The summed E-state index contributed by atoms with van der Waals surface area (Å²) in [5.41, 5.74) is 3.26. The fourth-order valence-electron chi connectivity index (χ4n) is 4.24. The molecule has 1 aromatic heterocycles. The molecule has 1 atom stereocenters. The largest absolute Gasteiger partial charge is 0.340 e. The molecule has 0 bridgehead atoms. The molecule has 2 heterocycles. The maximum atomic E-state index is 13.2. The summed E-state index contributed by atoms with van der Waals surface area (Å²) in [5, 5.41) is 9.69. The monoisotopic (exact) mass is 410 g/mol. The van der Waals surface area contributed by atoms with Gasteiger partial charge in [-0.2, -0.15) is 5.26 Å². The highest BCUT2D eigenvalue weighted by atomic mass is 16.2. The van der Waals surface area contributed by atoms with Crippen LogP contribution in [0.5, 0.6) is 0 Å². The Labute approximate surface area is 183 Å². The fourth-order valence-corrected chi connectivity index (χ4v) is 4.24. The van der Waals surface area contributed by atoms with E-state index < -0.39 is 0 Å². The van der Waals surface area contributed by atoms with E-state index in [0.717, 1.165) is 16.7 Å². The third-order valence-electron chi connectivity index (χ3n) is 5.96. The molecular formula is C26H26N4O. The zero-order valence-corrected chi connectivity index (χ0v) is 17.5. The minimum absolute atomic E-state index is 0.0385. The molecule has 2 aromatic carbocycles. The first-order valence-corrected chi connectivity index (χ1v) is 10.7. The van der Waals surface area contributed by atoms with E-state index in [1.165, 1.54) is 0 Å². The van der Waals surface area contributed by atoms with Gasteiger partial charge in [0.2, 0.25) is 5.91 Å². The lowest BCUT2D eigenvalue weighted by Gasteiger charge is -2.37. The van der Waals surface area contributed by atoms with Crippen molar-refractivity contribution < 1.29 is 4.79 Å². The normalized spacial score (nSPS) is 15.4. The van der Waals surface area contributed by atoms with Crippen LogP contribution in [0.2, 0.25) is 0 Å². The van der Waals surface area contributed by atoms with Crippen LogP contribution in [0.25, 0.3) is 0 Å². The van der Waals surface area contributed by atoms with Gasteiger partial charge in [0.25, 0.3) is 0 Å². The van der Waals surface area contributed by atoms with Crippen molar-refractivity contribution in [3.63, 3.8) is 0 Å². The molecule has 1 aliphatic heterocycles. The fraction of sp³-hybridized carbons (Fsp3) is 0.269. The molecule has 156 valence electrons. The maximum Gasteiger partial charge on any atom is 0.223 e. The Bertz CT molecular complexity index is 970. The van der Waals surface area contributed by atoms with Gasteiger partial charge in [-0.1, -0.05) is 60.7 Å². The second kappa shape index (κ2) is 10.0. The van der Waals surface area contributed by atoms with Crippen molar-refractivity contribution in [2.75, 3.05) is 26.2 Å². The van der Waals surface area contributed by atoms with Crippen molar-refractivity contribution in [1.29, 1.82) is 5.26 Å². The molecule has 4 rings (SSSR count). The van der Waals surface area contributed by atoms with Gasteiger partial charge in [-0.3, -0.25) is 14.7 Å². The van der Waals surface area contributed by atoms with E-state index in [0.29, 0.717) is 32.6 Å². The van der Waals surface area contributed by atoms with Crippen molar-refractivity contribution in [2.24, 2.45) is 0 Å².